The van der Waals surface area contributed by atoms with Crippen LogP contribution in [0.15, 0.2) is 48.5 Å². The molecular formula is C20H20F3NO2. The summed E-state index contributed by atoms with van der Waals surface area (Å²) in [5.74, 6) is -0.384. The number of ether oxygens (including phenoxy) is 1. The molecule has 6 heteroatoms. The van der Waals surface area contributed by atoms with Gasteiger partial charge in [0.1, 0.15) is 0 Å². The van der Waals surface area contributed by atoms with Crippen LogP contribution in [0.1, 0.15) is 27.0 Å². The van der Waals surface area contributed by atoms with E-state index in [0.29, 0.717) is 12.0 Å². The van der Waals surface area contributed by atoms with Gasteiger partial charge >= 0.3 is 6.18 Å². The van der Waals surface area contributed by atoms with Gasteiger partial charge in [0.15, 0.2) is 6.10 Å². The molecule has 3 rings (SSSR count). The second kappa shape index (κ2) is 7.50. The first-order valence-corrected chi connectivity index (χ1v) is 8.45. The first-order valence-electron chi connectivity index (χ1n) is 8.45. The number of rotatable bonds is 3. The van der Waals surface area contributed by atoms with Crippen molar-refractivity contribution in [3.05, 3.63) is 70.8 Å². The molecule has 0 aliphatic carbocycles. The van der Waals surface area contributed by atoms with Crippen molar-refractivity contribution in [3.8, 4) is 0 Å². The topological polar surface area (TPSA) is 29.5 Å². The molecule has 0 spiro atoms. The van der Waals surface area contributed by atoms with E-state index in [4.69, 9.17) is 4.74 Å². The van der Waals surface area contributed by atoms with E-state index >= 15 is 0 Å². The maximum atomic E-state index is 12.9. The zero-order chi connectivity index (χ0) is 18.7. The summed E-state index contributed by atoms with van der Waals surface area (Å²) in [6.07, 6.45) is -5.85. The number of aryl methyl sites for hydroxylation is 1. The minimum absolute atomic E-state index is 0.115. The number of amides is 1. The number of halogens is 3. The minimum Gasteiger partial charge on any atom is -0.365 e. The fourth-order valence-electron chi connectivity index (χ4n) is 3.01. The van der Waals surface area contributed by atoms with Crippen molar-refractivity contribution < 1.29 is 22.7 Å². The largest absolute Gasteiger partial charge is 0.416 e. The zero-order valence-electron chi connectivity index (χ0n) is 14.4. The third-order valence-electron chi connectivity index (χ3n) is 4.48. The van der Waals surface area contributed by atoms with Crippen LogP contribution in [-0.2, 0) is 11.2 Å². The Morgan fingerprint density at radius 2 is 1.85 bits per heavy atom. The maximum Gasteiger partial charge on any atom is 0.416 e. The maximum absolute atomic E-state index is 12.9. The van der Waals surface area contributed by atoms with Crippen molar-refractivity contribution in [2.24, 2.45) is 0 Å². The van der Waals surface area contributed by atoms with Gasteiger partial charge in [-0.3, -0.25) is 4.79 Å². The number of carbonyl (C=O) groups excluding carboxylic acids is 1. The van der Waals surface area contributed by atoms with Crippen molar-refractivity contribution >= 4 is 5.91 Å². The summed E-state index contributed by atoms with van der Waals surface area (Å²) in [6, 6.07) is 15.0. The first-order chi connectivity index (χ1) is 12.3. The Kier molecular flexibility index (Phi) is 5.32. The molecule has 0 radical (unpaired) electrons. The number of alkyl halides is 3. The fourth-order valence-corrected chi connectivity index (χ4v) is 3.01. The smallest absolute Gasteiger partial charge is 0.365 e. The predicted octanol–water partition coefficient (Wildman–Crippen LogP) is 3.99. The zero-order valence-corrected chi connectivity index (χ0v) is 14.4. The Balaban J connectivity index is 1.80. The standard InChI is InChI=1S/C20H20F3NO2/c1-14-6-8-15(9-7-14)12-16-4-2-3-5-17(16)19(25)24-10-11-26-18(13-24)20(21,22)23/h2-9,18H,10-13H2,1H3. The third-order valence-corrected chi connectivity index (χ3v) is 4.48. The lowest BCUT2D eigenvalue weighted by Crippen LogP contribution is -2.51. The molecule has 1 fully saturated rings. The van der Waals surface area contributed by atoms with Gasteiger partial charge in [-0.2, -0.15) is 13.2 Å². The first kappa shape index (κ1) is 18.5. The number of benzene rings is 2. The second-order valence-corrected chi connectivity index (χ2v) is 6.47. The van der Waals surface area contributed by atoms with Crippen LogP contribution in [0.2, 0.25) is 0 Å². The number of morpholine rings is 1. The van der Waals surface area contributed by atoms with E-state index in [9.17, 15) is 18.0 Å². The van der Waals surface area contributed by atoms with Crippen LogP contribution in [0.5, 0.6) is 0 Å². The molecule has 2 aromatic carbocycles. The lowest BCUT2D eigenvalue weighted by Gasteiger charge is -2.34. The van der Waals surface area contributed by atoms with Gasteiger partial charge in [-0.15, -0.1) is 0 Å². The highest BCUT2D eigenvalue weighted by molar-refractivity contribution is 5.96. The Hall–Kier alpha value is -2.34. The molecule has 1 saturated heterocycles. The van der Waals surface area contributed by atoms with Gasteiger partial charge in [0.25, 0.3) is 5.91 Å². The highest BCUT2D eigenvalue weighted by Crippen LogP contribution is 2.27. The molecule has 1 amide bonds. The molecule has 1 atom stereocenters. The molecule has 2 aromatic rings. The van der Waals surface area contributed by atoms with Gasteiger partial charge in [-0.05, 0) is 30.5 Å². The Morgan fingerprint density at radius 3 is 2.54 bits per heavy atom. The summed E-state index contributed by atoms with van der Waals surface area (Å²) in [6.45, 7) is 1.57. The summed E-state index contributed by atoms with van der Waals surface area (Å²) < 4.78 is 43.5. The predicted molar refractivity (Wildman–Crippen MR) is 92.1 cm³/mol. The van der Waals surface area contributed by atoms with Gasteiger partial charge in [0.2, 0.25) is 0 Å². The van der Waals surface area contributed by atoms with Gasteiger partial charge in [0.05, 0.1) is 13.2 Å². The van der Waals surface area contributed by atoms with E-state index in [1.165, 1.54) is 4.90 Å². The monoisotopic (exact) mass is 363 g/mol. The summed E-state index contributed by atoms with van der Waals surface area (Å²) in [5, 5.41) is 0. The van der Waals surface area contributed by atoms with Crippen molar-refractivity contribution in [1.29, 1.82) is 0 Å². The number of nitrogens with zero attached hydrogens (tertiary/aromatic N) is 1. The Labute approximate surface area is 150 Å². The number of hydrogen-bond acceptors (Lipinski definition) is 2. The lowest BCUT2D eigenvalue weighted by molar-refractivity contribution is -0.233. The third kappa shape index (κ3) is 4.25. The molecular weight excluding hydrogens is 343 g/mol. The van der Waals surface area contributed by atoms with E-state index in [2.05, 4.69) is 0 Å². The van der Waals surface area contributed by atoms with Crippen LogP contribution in [-0.4, -0.2) is 42.8 Å². The van der Waals surface area contributed by atoms with E-state index in [1.807, 2.05) is 43.3 Å². The average molecular weight is 363 g/mol. The van der Waals surface area contributed by atoms with Gasteiger partial charge < -0.3 is 9.64 Å². The number of hydrogen-bond donors (Lipinski definition) is 0. The Morgan fingerprint density at radius 1 is 1.15 bits per heavy atom. The van der Waals surface area contributed by atoms with Gasteiger partial charge in [-0.1, -0.05) is 48.0 Å². The molecule has 138 valence electrons. The van der Waals surface area contributed by atoms with Crippen LogP contribution in [0.3, 0.4) is 0 Å². The van der Waals surface area contributed by atoms with E-state index in [1.54, 1.807) is 12.1 Å². The fraction of sp³-hybridized carbons (Fsp3) is 0.350. The molecule has 26 heavy (non-hydrogen) atoms. The lowest BCUT2D eigenvalue weighted by atomic mass is 9.98. The average Bonchev–Trinajstić information content (AvgIpc) is 2.63. The highest BCUT2D eigenvalue weighted by Gasteiger charge is 2.44. The van der Waals surface area contributed by atoms with Crippen LogP contribution in [0, 0.1) is 6.92 Å². The summed E-state index contributed by atoms with van der Waals surface area (Å²) in [5.41, 5.74) is 3.43. The highest BCUT2D eigenvalue weighted by atomic mass is 19.4. The summed E-state index contributed by atoms with van der Waals surface area (Å²) in [7, 11) is 0. The van der Waals surface area contributed by atoms with E-state index in [-0.39, 0.29) is 19.1 Å². The van der Waals surface area contributed by atoms with Gasteiger partial charge in [0, 0.05) is 12.1 Å². The number of carbonyl (C=O) groups is 1. The van der Waals surface area contributed by atoms with Crippen LogP contribution in [0.25, 0.3) is 0 Å². The van der Waals surface area contributed by atoms with Crippen LogP contribution >= 0.6 is 0 Å². The minimum atomic E-state index is -4.47. The molecule has 1 aliphatic heterocycles. The van der Waals surface area contributed by atoms with Crippen LogP contribution in [0.4, 0.5) is 13.2 Å². The van der Waals surface area contributed by atoms with Crippen molar-refractivity contribution in [1.82, 2.24) is 4.90 Å². The molecule has 1 unspecified atom stereocenters. The molecule has 0 aromatic heterocycles. The molecule has 1 aliphatic rings. The van der Waals surface area contributed by atoms with Crippen molar-refractivity contribution in [2.45, 2.75) is 25.6 Å². The molecule has 1 heterocycles. The Bertz CT molecular complexity index is 771. The quantitative estimate of drug-likeness (QED) is 0.825. The van der Waals surface area contributed by atoms with Crippen molar-refractivity contribution in [2.75, 3.05) is 19.7 Å². The van der Waals surface area contributed by atoms with E-state index < -0.39 is 18.8 Å². The molecule has 0 bridgehead atoms. The normalized spacial score (nSPS) is 18.0. The molecule has 0 saturated carbocycles. The van der Waals surface area contributed by atoms with Gasteiger partial charge in [-0.25, -0.2) is 0 Å². The second-order valence-electron chi connectivity index (χ2n) is 6.47. The van der Waals surface area contributed by atoms with E-state index in [0.717, 1.165) is 16.7 Å². The van der Waals surface area contributed by atoms with Crippen LogP contribution < -0.4 is 0 Å². The van der Waals surface area contributed by atoms with Crippen molar-refractivity contribution in [3.63, 3.8) is 0 Å². The summed E-state index contributed by atoms with van der Waals surface area (Å²) in [4.78, 5) is 14.1. The SMILES string of the molecule is Cc1ccc(Cc2ccccc2C(=O)N2CCOC(C(F)(F)F)C2)cc1. The molecule has 0 N–H and O–H groups in total. The molecule has 3 nitrogen and oxygen atoms in total. The summed E-state index contributed by atoms with van der Waals surface area (Å²) >= 11 is 0.